The maximum atomic E-state index is 15.1. The number of morpholine rings is 1. The first-order valence-electron chi connectivity index (χ1n) is 16.5. The van der Waals surface area contributed by atoms with Crippen LogP contribution in [0, 0.1) is 23.6 Å². The van der Waals surface area contributed by atoms with Crippen LogP contribution in [0.15, 0.2) is 42.7 Å². The summed E-state index contributed by atoms with van der Waals surface area (Å²) in [5, 5.41) is 15.7. The predicted molar refractivity (Wildman–Crippen MR) is 177 cm³/mol. The van der Waals surface area contributed by atoms with Crippen LogP contribution in [-0.4, -0.2) is 94.0 Å². The molecule has 2 aromatic carbocycles. The van der Waals surface area contributed by atoms with Crippen molar-refractivity contribution in [2.45, 2.75) is 37.8 Å². The molecule has 5 aromatic rings. The van der Waals surface area contributed by atoms with Gasteiger partial charge in [0.2, 0.25) is 0 Å². The number of pyridine rings is 1. The number of hydrogen-bond acceptors (Lipinski definition) is 9. The molecule has 0 radical (unpaired) electrons. The first-order chi connectivity index (χ1) is 23.0. The molecule has 0 amide bonds. The van der Waals surface area contributed by atoms with Crippen LogP contribution in [0.4, 0.5) is 10.2 Å². The number of aromatic nitrogens is 4. The molecule has 2 N–H and O–H groups in total. The van der Waals surface area contributed by atoms with Crippen LogP contribution in [-0.2, 0) is 4.74 Å². The van der Waals surface area contributed by atoms with Gasteiger partial charge >= 0.3 is 6.01 Å². The van der Waals surface area contributed by atoms with Crippen molar-refractivity contribution in [2.24, 2.45) is 5.41 Å². The molecule has 2 atom stereocenters. The number of nitrogens with one attached hydrogen (secondary N) is 1. The van der Waals surface area contributed by atoms with E-state index in [0.717, 1.165) is 83.0 Å². The first-order valence-corrected chi connectivity index (χ1v) is 16.5. The van der Waals surface area contributed by atoms with Gasteiger partial charge in [-0.05, 0) is 60.9 Å². The Labute approximate surface area is 271 Å². The third kappa shape index (κ3) is 5.03. The van der Waals surface area contributed by atoms with Crippen molar-refractivity contribution in [3.05, 3.63) is 54.1 Å². The third-order valence-electron chi connectivity index (χ3n) is 10.4. The summed E-state index contributed by atoms with van der Waals surface area (Å²) in [6.45, 7) is 6.64. The fourth-order valence-electron chi connectivity index (χ4n) is 7.86. The SMILES string of the molecule is C#Cc1c(F)ccc2cc(O)cc(-c3cc4nc(OCC5(CN6CCOCC6)CC5)nc(N5C[C@H]6CC[C@@H](C5)N6)c4n4ccnc34)c12. The lowest BCUT2D eigenvalue weighted by Gasteiger charge is -2.34. The zero-order valence-electron chi connectivity index (χ0n) is 26.1. The summed E-state index contributed by atoms with van der Waals surface area (Å²) in [4.78, 5) is 19.7. The minimum Gasteiger partial charge on any atom is -0.508 e. The molecule has 11 heteroatoms. The van der Waals surface area contributed by atoms with Crippen LogP contribution in [0.25, 0.3) is 38.6 Å². The lowest BCUT2D eigenvalue weighted by Crippen LogP contribution is -2.51. The molecule has 3 aromatic heterocycles. The van der Waals surface area contributed by atoms with Gasteiger partial charge in [-0.2, -0.15) is 9.97 Å². The standard InChI is InChI=1S/C36H36FN7O3/c1-2-26-29(37)6-3-22-15-25(45)16-27(31(22)26)28-17-30-32(44-10-9-38-33(28)44)34(43-18-23-4-5-24(19-43)39-23)41-35(40-30)47-21-36(7-8-36)20-42-11-13-46-14-12-42/h1,3,6,9-10,15-17,23-24,39,45H,4-5,7-8,11-14,18-21H2/t23-,24+. The monoisotopic (exact) mass is 633 g/mol. The molecule has 47 heavy (non-hydrogen) atoms. The normalized spacial score (nSPS) is 22.3. The molecule has 9 rings (SSSR count). The van der Waals surface area contributed by atoms with Crippen LogP contribution in [0.1, 0.15) is 31.2 Å². The fraction of sp³-hybridized carbons (Fsp3) is 0.417. The van der Waals surface area contributed by atoms with Crippen molar-refractivity contribution in [3.8, 4) is 35.2 Å². The largest absolute Gasteiger partial charge is 0.508 e. The Balaban J connectivity index is 1.19. The van der Waals surface area contributed by atoms with E-state index in [1.165, 1.54) is 6.07 Å². The Morgan fingerprint density at radius 3 is 2.66 bits per heavy atom. The van der Waals surface area contributed by atoms with Gasteiger partial charge in [0.05, 0.1) is 30.9 Å². The molecule has 1 aliphatic carbocycles. The van der Waals surface area contributed by atoms with Crippen molar-refractivity contribution in [3.63, 3.8) is 0 Å². The van der Waals surface area contributed by atoms with E-state index >= 15 is 4.39 Å². The molecule has 10 nitrogen and oxygen atoms in total. The Bertz CT molecular complexity index is 2070. The summed E-state index contributed by atoms with van der Waals surface area (Å²) in [6, 6.07) is 9.28. The van der Waals surface area contributed by atoms with Crippen LogP contribution in [0.3, 0.4) is 0 Å². The number of halogens is 1. The number of rotatable bonds is 7. The molecule has 3 aliphatic heterocycles. The van der Waals surface area contributed by atoms with Crippen molar-refractivity contribution in [2.75, 3.05) is 57.4 Å². The van der Waals surface area contributed by atoms with Crippen LogP contribution in [0.2, 0.25) is 0 Å². The average molecular weight is 634 g/mol. The number of phenols is 1. The molecule has 0 unspecified atom stereocenters. The fourth-order valence-corrected chi connectivity index (χ4v) is 7.86. The van der Waals surface area contributed by atoms with Gasteiger partial charge in [-0.1, -0.05) is 12.0 Å². The Kier molecular flexibility index (Phi) is 6.75. The zero-order chi connectivity index (χ0) is 31.7. The van der Waals surface area contributed by atoms with E-state index in [0.29, 0.717) is 57.8 Å². The molecule has 4 fully saturated rings. The lowest BCUT2D eigenvalue weighted by molar-refractivity contribution is 0.0231. The molecule has 0 spiro atoms. The summed E-state index contributed by atoms with van der Waals surface area (Å²) in [7, 11) is 0. The Morgan fingerprint density at radius 2 is 1.89 bits per heavy atom. The summed E-state index contributed by atoms with van der Waals surface area (Å²) in [5.74, 6) is 2.90. The van der Waals surface area contributed by atoms with E-state index in [1.807, 2.05) is 16.7 Å². The number of anilines is 1. The van der Waals surface area contributed by atoms with Gasteiger partial charge in [-0.15, -0.1) is 6.42 Å². The van der Waals surface area contributed by atoms with Gasteiger partial charge in [0.25, 0.3) is 0 Å². The average Bonchev–Trinajstić information content (AvgIpc) is 3.50. The van der Waals surface area contributed by atoms with Gasteiger partial charge in [0.15, 0.2) is 5.82 Å². The van der Waals surface area contributed by atoms with E-state index in [4.69, 9.17) is 30.8 Å². The first kappa shape index (κ1) is 28.7. The Hall–Kier alpha value is -4.50. The number of fused-ring (bicyclic) bond motifs is 6. The molecule has 240 valence electrons. The number of phenolic OH excluding ortho intramolecular Hbond substituents is 1. The number of piperazine rings is 1. The number of aromatic hydroxyl groups is 1. The summed E-state index contributed by atoms with van der Waals surface area (Å²) in [6.07, 6.45) is 14.0. The molecular formula is C36H36FN7O3. The molecule has 6 heterocycles. The van der Waals surface area contributed by atoms with E-state index in [2.05, 4.69) is 21.0 Å². The van der Waals surface area contributed by atoms with E-state index in [9.17, 15) is 5.11 Å². The van der Waals surface area contributed by atoms with E-state index in [1.54, 1.807) is 24.4 Å². The number of imidazole rings is 1. The Morgan fingerprint density at radius 1 is 1.09 bits per heavy atom. The molecular weight excluding hydrogens is 597 g/mol. The maximum absolute atomic E-state index is 15.1. The quantitative estimate of drug-likeness (QED) is 0.254. The van der Waals surface area contributed by atoms with Crippen molar-refractivity contribution >= 4 is 33.3 Å². The molecule has 3 saturated heterocycles. The highest BCUT2D eigenvalue weighted by Crippen LogP contribution is 2.47. The smallest absolute Gasteiger partial charge is 0.319 e. The van der Waals surface area contributed by atoms with Gasteiger partial charge in [-0.25, -0.2) is 9.37 Å². The highest BCUT2D eigenvalue weighted by atomic mass is 19.1. The number of hydrogen-bond donors (Lipinski definition) is 2. The molecule has 2 bridgehead atoms. The van der Waals surface area contributed by atoms with E-state index in [-0.39, 0.29) is 16.7 Å². The van der Waals surface area contributed by atoms with Gasteiger partial charge in [0.1, 0.15) is 22.7 Å². The van der Waals surface area contributed by atoms with Crippen LogP contribution < -0.4 is 15.0 Å². The number of ether oxygens (including phenoxy) is 2. The topological polar surface area (TPSA) is 100 Å². The number of nitrogens with zero attached hydrogens (tertiary/aromatic N) is 6. The minimum atomic E-state index is -0.494. The predicted octanol–water partition coefficient (Wildman–Crippen LogP) is 4.36. The van der Waals surface area contributed by atoms with E-state index < -0.39 is 5.82 Å². The van der Waals surface area contributed by atoms with Crippen molar-refractivity contribution in [1.29, 1.82) is 0 Å². The zero-order valence-corrected chi connectivity index (χ0v) is 26.1. The van der Waals surface area contributed by atoms with Gasteiger partial charge < -0.3 is 24.8 Å². The van der Waals surface area contributed by atoms with Crippen LogP contribution in [0.5, 0.6) is 11.8 Å². The molecule has 1 saturated carbocycles. The minimum absolute atomic E-state index is 0.0468. The van der Waals surface area contributed by atoms with Crippen LogP contribution >= 0.6 is 0 Å². The summed E-state index contributed by atoms with van der Waals surface area (Å²) in [5.41, 5.74) is 3.63. The molecule has 4 aliphatic rings. The number of benzene rings is 2. The van der Waals surface area contributed by atoms with Crippen molar-refractivity contribution < 1.29 is 19.0 Å². The second kappa shape index (κ2) is 11.0. The van der Waals surface area contributed by atoms with Gasteiger partial charge in [-0.3, -0.25) is 9.30 Å². The lowest BCUT2D eigenvalue weighted by atomic mass is 9.94. The summed E-state index contributed by atoms with van der Waals surface area (Å²) >= 11 is 0. The highest BCUT2D eigenvalue weighted by Gasteiger charge is 2.45. The summed E-state index contributed by atoms with van der Waals surface area (Å²) < 4.78 is 29.1. The highest BCUT2D eigenvalue weighted by molar-refractivity contribution is 6.06. The third-order valence-corrected chi connectivity index (χ3v) is 10.4. The number of terminal acetylenes is 1. The second-order valence-electron chi connectivity index (χ2n) is 13.6. The maximum Gasteiger partial charge on any atom is 0.319 e. The van der Waals surface area contributed by atoms with Crippen molar-refractivity contribution in [1.82, 2.24) is 29.6 Å². The second-order valence-corrected chi connectivity index (χ2v) is 13.6. The van der Waals surface area contributed by atoms with Gasteiger partial charge in [0, 0.05) is 73.6 Å².